The number of hydrogen-bond acceptors (Lipinski definition) is 3. The summed E-state index contributed by atoms with van der Waals surface area (Å²) in [6.07, 6.45) is 1.96. The molecule has 1 atom stereocenters. The van der Waals surface area contributed by atoms with E-state index in [1.54, 1.807) is 4.90 Å². The fraction of sp³-hybridized carbons (Fsp3) is 0.750. The maximum Gasteiger partial charge on any atom is 0.410 e. The zero-order valence-electron chi connectivity index (χ0n) is 10.5. The van der Waals surface area contributed by atoms with Crippen molar-refractivity contribution in [2.75, 3.05) is 26.7 Å². The van der Waals surface area contributed by atoms with Gasteiger partial charge < -0.3 is 14.5 Å². The summed E-state index contributed by atoms with van der Waals surface area (Å²) >= 11 is 0. The number of ether oxygens (including phenoxy) is 1. The van der Waals surface area contributed by atoms with Gasteiger partial charge in [-0.2, -0.15) is 0 Å². The van der Waals surface area contributed by atoms with E-state index < -0.39 is 5.60 Å². The van der Waals surface area contributed by atoms with Crippen molar-refractivity contribution >= 4 is 6.09 Å². The lowest BCUT2D eigenvalue weighted by molar-refractivity contribution is 0.0287. The highest BCUT2D eigenvalue weighted by atomic mass is 16.6. The van der Waals surface area contributed by atoms with E-state index in [0.717, 1.165) is 19.6 Å². The summed E-state index contributed by atoms with van der Waals surface area (Å²) in [4.78, 5) is 15.8. The molecular formula is C12H20N2O2. The molecule has 0 aliphatic carbocycles. The van der Waals surface area contributed by atoms with E-state index in [1.165, 1.54) is 5.57 Å². The number of nitrogens with zero attached hydrogens (tertiary/aromatic N) is 2. The van der Waals surface area contributed by atoms with Gasteiger partial charge in [0.1, 0.15) is 5.60 Å². The molecule has 4 nitrogen and oxygen atoms in total. The van der Waals surface area contributed by atoms with Crippen LogP contribution in [0.1, 0.15) is 20.8 Å². The molecule has 0 spiro atoms. The smallest absolute Gasteiger partial charge is 0.410 e. The molecule has 0 aromatic rings. The molecule has 2 aliphatic heterocycles. The summed E-state index contributed by atoms with van der Waals surface area (Å²) in [5.41, 5.74) is 0.952. The lowest BCUT2D eigenvalue weighted by atomic mass is 10.1. The average Bonchev–Trinajstić information content (AvgIpc) is 2.56. The normalized spacial score (nSPS) is 24.5. The van der Waals surface area contributed by atoms with Crippen LogP contribution in [0.25, 0.3) is 0 Å². The molecule has 0 bridgehead atoms. The van der Waals surface area contributed by atoms with E-state index in [2.05, 4.69) is 18.1 Å². The molecule has 0 aromatic carbocycles. The van der Waals surface area contributed by atoms with E-state index in [-0.39, 0.29) is 6.09 Å². The van der Waals surface area contributed by atoms with Crippen molar-refractivity contribution in [1.29, 1.82) is 0 Å². The quantitative estimate of drug-likeness (QED) is 0.627. The van der Waals surface area contributed by atoms with Crippen LogP contribution < -0.4 is 0 Å². The highest BCUT2D eigenvalue weighted by Crippen LogP contribution is 2.29. The van der Waals surface area contributed by atoms with Crippen LogP contribution in [0, 0.1) is 5.92 Å². The molecule has 1 unspecified atom stereocenters. The second-order valence-corrected chi connectivity index (χ2v) is 5.70. The Morgan fingerprint density at radius 1 is 1.44 bits per heavy atom. The highest BCUT2D eigenvalue weighted by Gasteiger charge is 2.36. The first-order chi connectivity index (χ1) is 7.35. The number of hydrogen-bond donors (Lipinski definition) is 0. The van der Waals surface area contributed by atoms with E-state index in [0.29, 0.717) is 5.92 Å². The minimum atomic E-state index is -0.403. The van der Waals surface area contributed by atoms with Crippen molar-refractivity contribution < 1.29 is 9.53 Å². The number of carbonyl (C=O) groups is 1. The van der Waals surface area contributed by atoms with Crippen LogP contribution in [0.5, 0.6) is 0 Å². The van der Waals surface area contributed by atoms with Crippen molar-refractivity contribution in [3.05, 3.63) is 11.8 Å². The lowest BCUT2D eigenvalue weighted by Gasteiger charge is -2.24. The molecule has 2 rings (SSSR count). The largest absolute Gasteiger partial charge is 0.444 e. The van der Waals surface area contributed by atoms with Gasteiger partial charge in [-0.3, -0.25) is 0 Å². The number of carbonyl (C=O) groups excluding carboxylic acids is 1. The van der Waals surface area contributed by atoms with E-state index in [9.17, 15) is 4.79 Å². The van der Waals surface area contributed by atoms with E-state index in [4.69, 9.17) is 4.74 Å². The van der Waals surface area contributed by atoms with Crippen LogP contribution >= 0.6 is 0 Å². The van der Waals surface area contributed by atoms with E-state index in [1.807, 2.05) is 20.8 Å². The van der Waals surface area contributed by atoms with Crippen molar-refractivity contribution in [2.45, 2.75) is 26.4 Å². The first-order valence-corrected chi connectivity index (χ1v) is 5.74. The second-order valence-electron chi connectivity index (χ2n) is 5.70. The molecule has 0 saturated carbocycles. The van der Waals surface area contributed by atoms with Crippen molar-refractivity contribution in [1.82, 2.24) is 9.80 Å². The van der Waals surface area contributed by atoms with Crippen LogP contribution in [0.15, 0.2) is 11.8 Å². The maximum absolute atomic E-state index is 11.8. The number of likely N-dealkylation sites (tertiary alicyclic amines) is 1. The first-order valence-electron chi connectivity index (χ1n) is 5.74. The molecule has 16 heavy (non-hydrogen) atoms. The molecule has 2 aliphatic rings. The molecule has 4 heteroatoms. The zero-order chi connectivity index (χ0) is 11.9. The van der Waals surface area contributed by atoms with Crippen LogP contribution in [0.2, 0.25) is 0 Å². The Kier molecular flexibility index (Phi) is 2.60. The third-order valence-electron chi connectivity index (χ3n) is 2.88. The molecule has 0 N–H and O–H groups in total. The van der Waals surface area contributed by atoms with Gasteiger partial charge in [0.25, 0.3) is 0 Å². The van der Waals surface area contributed by atoms with Crippen molar-refractivity contribution in [3.8, 4) is 0 Å². The van der Waals surface area contributed by atoms with Gasteiger partial charge in [-0.15, -0.1) is 0 Å². The Bertz CT molecular complexity index is 330. The number of amides is 1. The SMILES string of the molecule is CN1C=C2CN(C(=O)OC(C)(C)C)CC2C1. The standard InChI is InChI=1S/C12H20N2O2/c1-12(2,3)16-11(15)14-7-9-5-13(4)6-10(9)8-14/h5,10H,6-8H2,1-4H3. The van der Waals surface area contributed by atoms with Gasteiger partial charge in [0.05, 0.1) is 0 Å². The van der Waals surface area contributed by atoms with Crippen LogP contribution in [-0.4, -0.2) is 48.2 Å². The summed E-state index contributed by atoms with van der Waals surface area (Å²) in [6, 6.07) is 0. The fourth-order valence-electron chi connectivity index (χ4n) is 2.27. The summed E-state index contributed by atoms with van der Waals surface area (Å²) < 4.78 is 5.36. The molecular weight excluding hydrogens is 204 g/mol. The molecule has 1 fully saturated rings. The number of rotatable bonds is 0. The monoisotopic (exact) mass is 224 g/mol. The Morgan fingerprint density at radius 2 is 2.12 bits per heavy atom. The summed E-state index contributed by atoms with van der Waals surface area (Å²) in [5, 5.41) is 0. The Morgan fingerprint density at radius 3 is 2.69 bits per heavy atom. The highest BCUT2D eigenvalue weighted by molar-refractivity contribution is 5.69. The molecule has 1 saturated heterocycles. The van der Waals surface area contributed by atoms with E-state index >= 15 is 0 Å². The van der Waals surface area contributed by atoms with Gasteiger partial charge >= 0.3 is 6.09 Å². The third kappa shape index (κ3) is 2.31. The predicted octanol–water partition coefficient (Wildman–Crippen LogP) is 1.68. The van der Waals surface area contributed by atoms with Gasteiger partial charge in [0.2, 0.25) is 0 Å². The van der Waals surface area contributed by atoms with Crippen LogP contribution in [0.4, 0.5) is 4.79 Å². The fourth-order valence-corrected chi connectivity index (χ4v) is 2.27. The summed E-state index contributed by atoms with van der Waals surface area (Å²) in [6.45, 7) is 8.24. The third-order valence-corrected chi connectivity index (χ3v) is 2.88. The van der Waals surface area contributed by atoms with Gasteiger partial charge in [-0.05, 0) is 26.3 Å². The van der Waals surface area contributed by atoms with Gasteiger partial charge in [0, 0.05) is 38.8 Å². The molecule has 1 amide bonds. The zero-order valence-corrected chi connectivity index (χ0v) is 10.5. The van der Waals surface area contributed by atoms with Crippen LogP contribution in [0.3, 0.4) is 0 Å². The Hall–Kier alpha value is -1.19. The molecule has 2 heterocycles. The topological polar surface area (TPSA) is 32.8 Å². The minimum absolute atomic E-state index is 0.189. The average molecular weight is 224 g/mol. The summed E-state index contributed by atoms with van der Waals surface area (Å²) in [7, 11) is 2.07. The Balaban J connectivity index is 1.95. The molecule has 0 aromatic heterocycles. The molecule has 90 valence electrons. The van der Waals surface area contributed by atoms with Crippen molar-refractivity contribution in [3.63, 3.8) is 0 Å². The lowest BCUT2D eigenvalue weighted by Crippen LogP contribution is -2.36. The molecule has 0 radical (unpaired) electrons. The minimum Gasteiger partial charge on any atom is -0.444 e. The van der Waals surface area contributed by atoms with Crippen LogP contribution in [-0.2, 0) is 4.74 Å². The van der Waals surface area contributed by atoms with Gasteiger partial charge in [-0.1, -0.05) is 0 Å². The first kappa shape index (κ1) is 11.3. The van der Waals surface area contributed by atoms with Crippen molar-refractivity contribution in [2.24, 2.45) is 5.92 Å². The Labute approximate surface area is 96.8 Å². The van der Waals surface area contributed by atoms with Gasteiger partial charge in [-0.25, -0.2) is 4.79 Å². The van der Waals surface area contributed by atoms with Gasteiger partial charge in [0.15, 0.2) is 0 Å². The number of fused-ring (bicyclic) bond motifs is 1. The second kappa shape index (κ2) is 3.68. The maximum atomic E-state index is 11.8. The predicted molar refractivity (Wildman–Crippen MR) is 62.0 cm³/mol. The summed E-state index contributed by atoms with van der Waals surface area (Å²) in [5.74, 6) is 0.512.